The van der Waals surface area contributed by atoms with E-state index in [1.165, 1.54) is 0 Å². The number of esters is 1. The van der Waals surface area contributed by atoms with Crippen LogP contribution in [0.2, 0.25) is 0 Å². The molecule has 0 radical (unpaired) electrons. The highest BCUT2D eigenvalue weighted by atomic mass is 16.5. The lowest BCUT2D eigenvalue weighted by molar-refractivity contribution is -0.143. The van der Waals surface area contributed by atoms with Crippen LogP contribution in [0.5, 0.6) is 0 Å². The molecule has 3 heterocycles. The van der Waals surface area contributed by atoms with Gasteiger partial charge in [0.1, 0.15) is 19.0 Å². The maximum Gasteiger partial charge on any atom is 0.492 e. The molecule has 11 heteroatoms. The number of carbonyl (C=O) groups excluding carboxylic acids is 2. The summed E-state index contributed by atoms with van der Waals surface area (Å²) in [6, 6.07) is 3.41. The molecule has 0 spiro atoms. The van der Waals surface area contributed by atoms with Gasteiger partial charge in [0, 0.05) is 31.7 Å². The second kappa shape index (κ2) is 9.64. The Kier molecular flexibility index (Phi) is 6.68. The van der Waals surface area contributed by atoms with Gasteiger partial charge in [-0.3, -0.25) is 14.6 Å². The minimum atomic E-state index is -1.04. The van der Waals surface area contributed by atoms with E-state index >= 15 is 0 Å². The number of fused-ring (bicyclic) bond motifs is 1. The monoisotopic (exact) mass is 439 g/mol. The van der Waals surface area contributed by atoms with Crippen LogP contribution in [0.3, 0.4) is 0 Å². The number of carbonyl (C=O) groups is 2. The van der Waals surface area contributed by atoms with Crippen LogP contribution in [0.4, 0.5) is 5.82 Å². The number of hydrogen-bond donors (Lipinski definition) is 2. The number of likely N-dealkylation sites (N-methyl/N-ethyl adjacent to an activating group) is 1. The zero-order valence-electron chi connectivity index (χ0n) is 18.2. The maximum atomic E-state index is 12.5. The normalized spacial score (nSPS) is 16.1. The van der Waals surface area contributed by atoms with Gasteiger partial charge in [0.25, 0.3) is 5.91 Å². The number of nitrogens with one attached hydrogen (secondary N) is 1. The third-order valence-corrected chi connectivity index (χ3v) is 5.77. The SMILES string of the molecule is Cc1c(C(=O)NCC(=O)OCc2cncc(N3CCN(C)CC3)n2)ccc2c1B(O)OC2. The third kappa shape index (κ3) is 4.90. The minimum absolute atomic E-state index is 0.0231. The van der Waals surface area contributed by atoms with E-state index in [0.29, 0.717) is 28.9 Å². The molecule has 168 valence electrons. The van der Waals surface area contributed by atoms with Gasteiger partial charge in [0.2, 0.25) is 0 Å². The van der Waals surface area contributed by atoms with Crippen LogP contribution in [0.25, 0.3) is 0 Å². The van der Waals surface area contributed by atoms with Crippen LogP contribution in [0.1, 0.15) is 27.2 Å². The summed E-state index contributed by atoms with van der Waals surface area (Å²) in [6.07, 6.45) is 3.27. The molecule has 4 rings (SSSR count). The van der Waals surface area contributed by atoms with Crippen LogP contribution in [0.15, 0.2) is 24.5 Å². The van der Waals surface area contributed by atoms with Crippen molar-refractivity contribution in [3.05, 3.63) is 46.9 Å². The van der Waals surface area contributed by atoms with Crippen molar-refractivity contribution in [1.29, 1.82) is 0 Å². The van der Waals surface area contributed by atoms with Crippen LogP contribution in [0, 0.1) is 6.92 Å². The molecule has 32 heavy (non-hydrogen) atoms. The molecule has 2 aliphatic rings. The van der Waals surface area contributed by atoms with Crippen molar-refractivity contribution >= 4 is 30.3 Å². The molecule has 0 bridgehead atoms. The average molecular weight is 439 g/mol. The predicted octanol–water partition coefficient (Wildman–Crippen LogP) is -0.772. The lowest BCUT2D eigenvalue weighted by Crippen LogP contribution is -2.44. The second-order valence-electron chi connectivity index (χ2n) is 7.98. The van der Waals surface area contributed by atoms with E-state index in [4.69, 9.17) is 9.39 Å². The highest BCUT2D eigenvalue weighted by Crippen LogP contribution is 2.16. The molecule has 0 unspecified atom stereocenters. The molecular formula is C21H26BN5O5. The molecule has 0 atom stereocenters. The molecule has 1 aromatic heterocycles. The summed E-state index contributed by atoms with van der Waals surface area (Å²) in [4.78, 5) is 37.8. The Labute approximate surface area is 186 Å². The largest absolute Gasteiger partial charge is 0.492 e. The van der Waals surface area contributed by atoms with Crippen LogP contribution in [-0.2, 0) is 27.4 Å². The van der Waals surface area contributed by atoms with Gasteiger partial charge in [-0.25, -0.2) is 4.98 Å². The Bertz CT molecular complexity index is 1010. The number of ether oxygens (including phenoxy) is 1. The van der Waals surface area contributed by atoms with Gasteiger partial charge in [-0.15, -0.1) is 0 Å². The first-order chi connectivity index (χ1) is 15.4. The summed E-state index contributed by atoms with van der Waals surface area (Å²) in [7, 11) is 1.05. The predicted molar refractivity (Wildman–Crippen MR) is 117 cm³/mol. The van der Waals surface area contributed by atoms with Crippen LogP contribution >= 0.6 is 0 Å². The fourth-order valence-corrected chi connectivity index (χ4v) is 3.86. The Balaban J connectivity index is 1.28. The zero-order valence-corrected chi connectivity index (χ0v) is 18.2. The Morgan fingerprint density at radius 1 is 1.25 bits per heavy atom. The van der Waals surface area contributed by atoms with Crippen molar-refractivity contribution < 1.29 is 24.0 Å². The number of hydrogen-bond acceptors (Lipinski definition) is 9. The van der Waals surface area contributed by atoms with Gasteiger partial charge in [0.15, 0.2) is 0 Å². The molecule has 0 saturated carbocycles. The number of aromatic nitrogens is 2. The molecule has 1 saturated heterocycles. The van der Waals surface area contributed by atoms with Crippen molar-refractivity contribution in [3.63, 3.8) is 0 Å². The third-order valence-electron chi connectivity index (χ3n) is 5.77. The summed E-state index contributed by atoms with van der Waals surface area (Å²) >= 11 is 0. The van der Waals surface area contributed by atoms with Gasteiger partial charge in [-0.05, 0) is 36.6 Å². The van der Waals surface area contributed by atoms with E-state index in [9.17, 15) is 14.6 Å². The molecule has 2 aliphatic heterocycles. The number of nitrogens with zero attached hydrogens (tertiary/aromatic N) is 4. The topological polar surface area (TPSA) is 117 Å². The highest BCUT2D eigenvalue weighted by molar-refractivity contribution is 6.62. The summed E-state index contributed by atoms with van der Waals surface area (Å²) in [5, 5.41) is 12.5. The number of amides is 1. The summed E-state index contributed by atoms with van der Waals surface area (Å²) in [6.45, 7) is 5.40. The fraction of sp³-hybridized carbons (Fsp3) is 0.429. The van der Waals surface area contributed by atoms with E-state index in [1.807, 2.05) is 0 Å². The second-order valence-corrected chi connectivity index (χ2v) is 7.98. The quantitative estimate of drug-likeness (QED) is 0.442. The fourth-order valence-electron chi connectivity index (χ4n) is 3.86. The van der Waals surface area contributed by atoms with Crippen LogP contribution < -0.4 is 15.7 Å². The summed E-state index contributed by atoms with van der Waals surface area (Å²) in [5.74, 6) is -0.233. The van der Waals surface area contributed by atoms with E-state index in [1.54, 1.807) is 31.5 Å². The summed E-state index contributed by atoms with van der Waals surface area (Å²) in [5.41, 5.74) is 3.02. The molecule has 2 aromatic rings. The molecule has 1 aromatic carbocycles. The molecule has 0 aliphatic carbocycles. The lowest BCUT2D eigenvalue weighted by atomic mass is 9.75. The van der Waals surface area contributed by atoms with Gasteiger partial charge >= 0.3 is 13.1 Å². The Hall–Kier alpha value is -3.02. The van der Waals surface area contributed by atoms with Gasteiger partial charge in [0.05, 0.1) is 24.7 Å². The Morgan fingerprint density at radius 2 is 2.03 bits per heavy atom. The van der Waals surface area contributed by atoms with E-state index in [-0.39, 0.29) is 13.2 Å². The van der Waals surface area contributed by atoms with Crippen molar-refractivity contribution in [2.24, 2.45) is 0 Å². The van der Waals surface area contributed by atoms with Crippen molar-refractivity contribution in [1.82, 2.24) is 20.2 Å². The molecule has 2 N–H and O–H groups in total. The Morgan fingerprint density at radius 3 is 2.81 bits per heavy atom. The molecular weight excluding hydrogens is 413 g/mol. The van der Waals surface area contributed by atoms with Crippen molar-refractivity contribution in [2.45, 2.75) is 20.1 Å². The maximum absolute atomic E-state index is 12.5. The van der Waals surface area contributed by atoms with E-state index < -0.39 is 19.0 Å². The van der Waals surface area contributed by atoms with Gasteiger partial charge in [-0.2, -0.15) is 0 Å². The first kappa shape index (κ1) is 22.2. The smallest absolute Gasteiger partial charge is 0.458 e. The lowest BCUT2D eigenvalue weighted by Gasteiger charge is -2.33. The number of piperazine rings is 1. The number of rotatable bonds is 6. The minimum Gasteiger partial charge on any atom is -0.458 e. The molecule has 1 amide bonds. The van der Waals surface area contributed by atoms with E-state index in [0.717, 1.165) is 37.6 Å². The van der Waals surface area contributed by atoms with E-state index in [2.05, 4.69) is 32.1 Å². The van der Waals surface area contributed by atoms with Crippen molar-refractivity contribution in [2.75, 3.05) is 44.7 Å². The van der Waals surface area contributed by atoms with Gasteiger partial charge < -0.3 is 29.5 Å². The van der Waals surface area contributed by atoms with Crippen LogP contribution in [-0.4, -0.2) is 78.7 Å². The summed E-state index contributed by atoms with van der Waals surface area (Å²) < 4.78 is 10.4. The standard InChI is InChI=1S/C21H26BN5O5/c1-14-17(4-3-15-12-32-22(30)20(14)15)21(29)24-11-19(28)31-13-16-9-23-10-18(25-16)27-7-5-26(2)6-8-27/h3-4,9-10,30H,5-8,11-13H2,1-2H3,(H,24,29). The van der Waals surface area contributed by atoms with Crippen molar-refractivity contribution in [3.8, 4) is 0 Å². The first-order valence-corrected chi connectivity index (χ1v) is 10.5. The number of benzene rings is 1. The van der Waals surface area contributed by atoms with Gasteiger partial charge in [-0.1, -0.05) is 6.07 Å². The zero-order chi connectivity index (χ0) is 22.7. The average Bonchev–Trinajstić information content (AvgIpc) is 3.18. The molecule has 10 nitrogen and oxygen atoms in total. The number of anilines is 1. The first-order valence-electron chi connectivity index (χ1n) is 10.5. The molecule has 1 fully saturated rings. The highest BCUT2D eigenvalue weighted by Gasteiger charge is 2.31.